The number of halogens is 3. The highest BCUT2D eigenvalue weighted by molar-refractivity contribution is 9.10. The normalized spacial score (nSPS) is 10.7. The van der Waals surface area contributed by atoms with Gasteiger partial charge in [-0.3, -0.25) is 0 Å². The van der Waals surface area contributed by atoms with E-state index < -0.39 is 0 Å². The average molecular weight is 276 g/mol. The highest BCUT2D eigenvalue weighted by Crippen LogP contribution is 2.29. The monoisotopic (exact) mass is 274 g/mol. The number of hydrogen-bond donors (Lipinski definition) is 0. The molecule has 0 unspecified atom stereocenters. The fourth-order valence-corrected chi connectivity index (χ4v) is 2.21. The van der Waals surface area contributed by atoms with E-state index in [1.807, 2.05) is 24.3 Å². The second-order valence-corrected chi connectivity index (χ2v) is 4.51. The highest BCUT2D eigenvalue weighted by Gasteiger charge is 2.01. The maximum atomic E-state index is 6.01. The molecule has 0 fully saturated rings. The number of rotatable bonds is 0. The van der Waals surface area contributed by atoms with E-state index >= 15 is 0 Å². The van der Waals surface area contributed by atoms with Crippen molar-refractivity contribution < 1.29 is 0 Å². The van der Waals surface area contributed by atoms with Crippen LogP contribution in [0.1, 0.15) is 0 Å². The SMILES string of the molecule is Clc1cc(Cl)c2ccc(Br)cc2c1. The molecule has 0 spiro atoms. The van der Waals surface area contributed by atoms with E-state index in [4.69, 9.17) is 23.2 Å². The van der Waals surface area contributed by atoms with Crippen molar-refractivity contribution in [3.8, 4) is 0 Å². The molecule has 0 saturated carbocycles. The third-order valence-corrected chi connectivity index (χ3v) is 2.85. The molecule has 0 atom stereocenters. The summed E-state index contributed by atoms with van der Waals surface area (Å²) in [5.41, 5.74) is 0. The summed E-state index contributed by atoms with van der Waals surface area (Å²) in [6.45, 7) is 0. The number of benzene rings is 2. The van der Waals surface area contributed by atoms with Gasteiger partial charge in [-0.25, -0.2) is 0 Å². The van der Waals surface area contributed by atoms with Gasteiger partial charge in [0.25, 0.3) is 0 Å². The molecule has 0 heterocycles. The Labute approximate surface area is 94.6 Å². The van der Waals surface area contributed by atoms with Crippen LogP contribution < -0.4 is 0 Å². The quantitative estimate of drug-likeness (QED) is 0.641. The maximum absolute atomic E-state index is 6.01. The molecule has 2 rings (SSSR count). The van der Waals surface area contributed by atoms with E-state index in [2.05, 4.69) is 15.9 Å². The fourth-order valence-electron chi connectivity index (χ4n) is 1.26. The molecule has 0 bridgehead atoms. The van der Waals surface area contributed by atoms with Gasteiger partial charge in [0, 0.05) is 19.9 Å². The first kappa shape index (κ1) is 9.32. The van der Waals surface area contributed by atoms with E-state index in [0.717, 1.165) is 15.2 Å². The van der Waals surface area contributed by atoms with E-state index in [1.165, 1.54) is 0 Å². The fraction of sp³-hybridized carbons (Fsp3) is 0. The Balaban J connectivity index is 2.86. The van der Waals surface area contributed by atoms with Crippen LogP contribution in [-0.2, 0) is 0 Å². The molecular weight excluding hydrogens is 271 g/mol. The van der Waals surface area contributed by atoms with Gasteiger partial charge in [-0.1, -0.05) is 45.2 Å². The highest BCUT2D eigenvalue weighted by atomic mass is 79.9. The van der Waals surface area contributed by atoms with Crippen molar-refractivity contribution >= 4 is 49.9 Å². The minimum Gasteiger partial charge on any atom is -0.0843 e. The molecule has 3 heteroatoms. The Hall–Kier alpha value is -0.240. The summed E-state index contributed by atoms with van der Waals surface area (Å²) in [6.07, 6.45) is 0. The van der Waals surface area contributed by atoms with Crippen molar-refractivity contribution in [3.63, 3.8) is 0 Å². The Morgan fingerprint density at radius 1 is 1.00 bits per heavy atom. The molecule has 0 N–H and O–H groups in total. The van der Waals surface area contributed by atoms with Gasteiger partial charge in [-0.05, 0) is 29.7 Å². The average Bonchev–Trinajstić information content (AvgIpc) is 2.02. The molecule has 0 nitrogen and oxygen atoms in total. The zero-order valence-corrected chi connectivity index (χ0v) is 9.62. The zero-order chi connectivity index (χ0) is 9.42. The molecule has 0 aliphatic carbocycles. The molecule has 2 aromatic carbocycles. The molecule has 0 aliphatic heterocycles. The summed E-state index contributed by atoms with van der Waals surface area (Å²) in [5.74, 6) is 0. The van der Waals surface area contributed by atoms with Crippen LogP contribution in [0.4, 0.5) is 0 Å². The third-order valence-electron chi connectivity index (χ3n) is 1.83. The van der Waals surface area contributed by atoms with Crippen molar-refractivity contribution in [1.29, 1.82) is 0 Å². The Morgan fingerprint density at radius 2 is 1.77 bits per heavy atom. The summed E-state index contributed by atoms with van der Waals surface area (Å²) in [4.78, 5) is 0. The second-order valence-electron chi connectivity index (χ2n) is 2.75. The molecule has 0 amide bonds. The minimum atomic E-state index is 0.663. The van der Waals surface area contributed by atoms with Gasteiger partial charge in [-0.2, -0.15) is 0 Å². The summed E-state index contributed by atoms with van der Waals surface area (Å²) >= 11 is 15.3. The molecule has 66 valence electrons. The van der Waals surface area contributed by atoms with Crippen molar-refractivity contribution in [1.82, 2.24) is 0 Å². The predicted octanol–water partition coefficient (Wildman–Crippen LogP) is 4.91. The van der Waals surface area contributed by atoms with E-state index in [1.54, 1.807) is 6.07 Å². The molecule has 0 saturated heterocycles. The van der Waals surface area contributed by atoms with Gasteiger partial charge < -0.3 is 0 Å². The summed E-state index contributed by atoms with van der Waals surface area (Å²) in [6, 6.07) is 9.57. The van der Waals surface area contributed by atoms with Gasteiger partial charge in [-0.15, -0.1) is 0 Å². The lowest BCUT2D eigenvalue weighted by atomic mass is 10.1. The van der Waals surface area contributed by atoms with Crippen molar-refractivity contribution in [2.45, 2.75) is 0 Å². The lowest BCUT2D eigenvalue weighted by Crippen LogP contribution is -1.75. The first-order valence-electron chi connectivity index (χ1n) is 3.71. The zero-order valence-electron chi connectivity index (χ0n) is 6.52. The van der Waals surface area contributed by atoms with Crippen LogP contribution in [0.25, 0.3) is 10.8 Å². The number of fused-ring (bicyclic) bond motifs is 1. The summed E-state index contributed by atoms with van der Waals surface area (Å²) < 4.78 is 1.03. The lowest BCUT2D eigenvalue weighted by molar-refractivity contribution is 1.70. The van der Waals surface area contributed by atoms with E-state index in [0.29, 0.717) is 10.0 Å². The van der Waals surface area contributed by atoms with Crippen molar-refractivity contribution in [2.24, 2.45) is 0 Å². The van der Waals surface area contributed by atoms with Crippen molar-refractivity contribution in [2.75, 3.05) is 0 Å². The van der Waals surface area contributed by atoms with Gasteiger partial charge in [0.2, 0.25) is 0 Å². The summed E-state index contributed by atoms with van der Waals surface area (Å²) in [7, 11) is 0. The standard InChI is InChI=1S/C10H5BrCl2/c11-7-1-2-9-6(3-7)4-8(12)5-10(9)13/h1-5H. The van der Waals surface area contributed by atoms with Crippen LogP contribution in [-0.4, -0.2) is 0 Å². The van der Waals surface area contributed by atoms with Gasteiger partial charge in [0.1, 0.15) is 0 Å². The topological polar surface area (TPSA) is 0 Å². The smallest absolute Gasteiger partial charge is 0.0499 e. The van der Waals surface area contributed by atoms with Crippen LogP contribution in [0.15, 0.2) is 34.8 Å². The molecule has 2 aromatic rings. The lowest BCUT2D eigenvalue weighted by Gasteiger charge is -2.01. The van der Waals surface area contributed by atoms with Crippen LogP contribution in [0.5, 0.6) is 0 Å². The Kier molecular flexibility index (Phi) is 2.50. The third kappa shape index (κ3) is 1.83. The Bertz CT molecular complexity index is 460. The molecule has 0 aliphatic rings. The van der Waals surface area contributed by atoms with Gasteiger partial charge in [0.15, 0.2) is 0 Å². The van der Waals surface area contributed by atoms with E-state index in [-0.39, 0.29) is 0 Å². The molecule has 13 heavy (non-hydrogen) atoms. The summed E-state index contributed by atoms with van der Waals surface area (Å²) in [5, 5.41) is 3.42. The molecule has 0 aromatic heterocycles. The van der Waals surface area contributed by atoms with Crippen LogP contribution in [0.3, 0.4) is 0 Å². The first-order chi connectivity index (χ1) is 6.16. The molecular formula is C10H5BrCl2. The molecule has 0 radical (unpaired) electrons. The minimum absolute atomic E-state index is 0.663. The number of hydrogen-bond acceptors (Lipinski definition) is 0. The van der Waals surface area contributed by atoms with E-state index in [9.17, 15) is 0 Å². The predicted molar refractivity (Wildman–Crippen MR) is 61.7 cm³/mol. The largest absolute Gasteiger partial charge is 0.0843 e. The van der Waals surface area contributed by atoms with Gasteiger partial charge in [0.05, 0.1) is 0 Å². The van der Waals surface area contributed by atoms with Crippen LogP contribution in [0.2, 0.25) is 10.0 Å². The second kappa shape index (κ2) is 3.49. The first-order valence-corrected chi connectivity index (χ1v) is 5.26. The maximum Gasteiger partial charge on any atom is 0.0499 e. The van der Waals surface area contributed by atoms with Crippen LogP contribution in [0, 0.1) is 0 Å². The Morgan fingerprint density at radius 3 is 2.54 bits per heavy atom. The van der Waals surface area contributed by atoms with Crippen molar-refractivity contribution in [3.05, 3.63) is 44.8 Å². The van der Waals surface area contributed by atoms with Crippen LogP contribution >= 0.6 is 39.1 Å². The van der Waals surface area contributed by atoms with Gasteiger partial charge >= 0.3 is 0 Å².